The van der Waals surface area contributed by atoms with Gasteiger partial charge in [0, 0.05) is 19.8 Å². The van der Waals surface area contributed by atoms with Crippen LogP contribution in [-0.2, 0) is 16.9 Å². The van der Waals surface area contributed by atoms with E-state index in [0.29, 0.717) is 5.69 Å². The van der Waals surface area contributed by atoms with Crippen LogP contribution in [0, 0.1) is 0 Å². The van der Waals surface area contributed by atoms with Gasteiger partial charge in [-0.2, -0.15) is 5.10 Å². The van der Waals surface area contributed by atoms with E-state index < -0.39 is 20.1 Å². The number of hydrogen-bond donors (Lipinski definition) is 1. The molecule has 0 bridgehead atoms. The van der Waals surface area contributed by atoms with E-state index in [1.165, 1.54) is 19.5 Å². The van der Waals surface area contributed by atoms with E-state index in [1.807, 2.05) is 0 Å². The van der Waals surface area contributed by atoms with E-state index in [9.17, 15) is 13.2 Å². The molecule has 8 heteroatoms. The number of halogens is 1. The second-order valence-corrected chi connectivity index (χ2v) is 7.71. The minimum Gasteiger partial charge on any atom is -0.381 e. The monoisotopic (exact) mass is 293 g/mol. The smallest absolute Gasteiger partial charge is 0.287 e. The van der Waals surface area contributed by atoms with Gasteiger partial charge >= 0.3 is 0 Å². The normalized spacial score (nSPS) is 12.5. The van der Waals surface area contributed by atoms with E-state index >= 15 is 0 Å². The number of anilines is 1. The zero-order valence-corrected chi connectivity index (χ0v) is 12.3. The Kier molecular flexibility index (Phi) is 4.07. The van der Waals surface area contributed by atoms with Gasteiger partial charge in [0.15, 0.2) is 9.84 Å². The summed E-state index contributed by atoms with van der Waals surface area (Å²) in [5.74, 6) is 0. The Balaban J connectivity index is 2.96. The van der Waals surface area contributed by atoms with Gasteiger partial charge in [-0.25, -0.2) is 13.1 Å². The molecule has 0 aromatic carbocycles. The lowest BCUT2D eigenvalue weighted by Gasteiger charge is -2.23. The molecule has 6 nitrogen and oxygen atoms in total. The summed E-state index contributed by atoms with van der Waals surface area (Å²) in [6.45, 7) is 3.33. The van der Waals surface area contributed by atoms with E-state index in [-0.39, 0.29) is 11.6 Å². The molecule has 1 rings (SSSR count). The highest BCUT2D eigenvalue weighted by Gasteiger charge is 2.30. The molecule has 0 saturated carbocycles. The van der Waals surface area contributed by atoms with E-state index in [4.69, 9.17) is 11.6 Å². The Hall–Kier alpha value is -1.08. The third-order valence-corrected chi connectivity index (χ3v) is 5.30. The molecule has 0 saturated heterocycles. The molecule has 0 amide bonds. The van der Waals surface area contributed by atoms with Crippen LogP contribution in [0.1, 0.15) is 13.8 Å². The molecule has 1 N–H and O–H groups in total. The predicted octanol–water partition coefficient (Wildman–Crippen LogP) is 0.669. The average Bonchev–Trinajstić information content (AvgIpc) is 2.23. The Bertz CT molecular complexity index is 607. The predicted molar refractivity (Wildman–Crippen MR) is 71.9 cm³/mol. The standard InChI is InChI=1S/C10H16ClN3O3S/c1-10(2,18(4,16)17)6-12-7-5-13-14(3)9(15)8(7)11/h5,12H,6H2,1-4H3. The molecule has 0 unspecified atom stereocenters. The number of aryl methyl sites for hydroxylation is 1. The summed E-state index contributed by atoms with van der Waals surface area (Å²) in [7, 11) is -1.73. The number of aromatic nitrogens is 2. The van der Waals surface area contributed by atoms with Crippen molar-refractivity contribution < 1.29 is 8.42 Å². The molecule has 0 spiro atoms. The molecule has 0 aliphatic carbocycles. The molecule has 0 fully saturated rings. The van der Waals surface area contributed by atoms with Gasteiger partial charge in [0.1, 0.15) is 5.02 Å². The van der Waals surface area contributed by atoms with Gasteiger partial charge in [-0.3, -0.25) is 4.79 Å². The van der Waals surface area contributed by atoms with Gasteiger partial charge < -0.3 is 5.32 Å². The van der Waals surface area contributed by atoms with Crippen molar-refractivity contribution in [2.75, 3.05) is 18.1 Å². The maximum absolute atomic E-state index is 11.5. The molecular weight excluding hydrogens is 278 g/mol. The number of rotatable bonds is 4. The molecule has 0 radical (unpaired) electrons. The largest absolute Gasteiger partial charge is 0.381 e. The first-order valence-corrected chi connectivity index (χ1v) is 7.48. The highest BCUT2D eigenvalue weighted by molar-refractivity contribution is 7.92. The first-order valence-electron chi connectivity index (χ1n) is 5.21. The van der Waals surface area contributed by atoms with Crippen molar-refractivity contribution in [1.29, 1.82) is 0 Å². The molecule has 0 atom stereocenters. The first kappa shape index (κ1) is 15.0. The molecule has 102 valence electrons. The second-order valence-electron chi connectivity index (χ2n) is 4.69. The van der Waals surface area contributed by atoms with Crippen LogP contribution >= 0.6 is 11.6 Å². The third kappa shape index (κ3) is 3.02. The summed E-state index contributed by atoms with van der Waals surface area (Å²) in [6, 6.07) is 0. The maximum Gasteiger partial charge on any atom is 0.287 e. The van der Waals surface area contributed by atoms with Gasteiger partial charge in [-0.1, -0.05) is 11.6 Å². The fraction of sp³-hybridized carbons (Fsp3) is 0.600. The quantitative estimate of drug-likeness (QED) is 0.882. The minimum absolute atomic E-state index is 0.00296. The number of hydrogen-bond acceptors (Lipinski definition) is 5. The molecular formula is C10H16ClN3O3S. The molecule has 0 aliphatic rings. The highest BCUT2D eigenvalue weighted by Crippen LogP contribution is 2.19. The van der Waals surface area contributed by atoms with Crippen molar-refractivity contribution >= 4 is 27.1 Å². The van der Waals surface area contributed by atoms with Crippen LogP contribution < -0.4 is 10.9 Å². The summed E-state index contributed by atoms with van der Waals surface area (Å²) < 4.78 is 23.2. The Morgan fingerprint density at radius 3 is 2.56 bits per heavy atom. The number of nitrogens with one attached hydrogen (secondary N) is 1. The summed E-state index contributed by atoms with van der Waals surface area (Å²) >= 11 is 5.86. The SMILES string of the molecule is Cn1ncc(NCC(C)(C)S(C)(=O)=O)c(Cl)c1=O. The fourth-order valence-electron chi connectivity index (χ4n) is 1.07. The highest BCUT2D eigenvalue weighted by atomic mass is 35.5. The third-order valence-electron chi connectivity index (χ3n) is 2.79. The fourth-order valence-corrected chi connectivity index (χ4v) is 1.65. The van der Waals surface area contributed by atoms with Crippen LogP contribution in [0.3, 0.4) is 0 Å². The van der Waals surface area contributed by atoms with Crippen LogP contribution in [0.2, 0.25) is 5.02 Å². The van der Waals surface area contributed by atoms with Crippen molar-refractivity contribution in [1.82, 2.24) is 9.78 Å². The lowest BCUT2D eigenvalue weighted by molar-refractivity contribution is 0.559. The van der Waals surface area contributed by atoms with E-state index in [1.54, 1.807) is 13.8 Å². The minimum atomic E-state index is -3.21. The Morgan fingerprint density at radius 1 is 1.50 bits per heavy atom. The van der Waals surface area contributed by atoms with Crippen LogP contribution in [0.5, 0.6) is 0 Å². The van der Waals surface area contributed by atoms with Gasteiger partial charge in [0.05, 0.1) is 16.6 Å². The number of nitrogens with zero attached hydrogens (tertiary/aromatic N) is 2. The van der Waals surface area contributed by atoms with Crippen molar-refractivity contribution in [3.8, 4) is 0 Å². The van der Waals surface area contributed by atoms with Crippen LogP contribution in [-0.4, -0.2) is 35.7 Å². The van der Waals surface area contributed by atoms with E-state index in [2.05, 4.69) is 10.4 Å². The molecule has 1 heterocycles. The molecule has 0 aliphatic heterocycles. The molecule has 1 aromatic heterocycles. The average molecular weight is 294 g/mol. The lowest BCUT2D eigenvalue weighted by atomic mass is 10.2. The Labute approximate surface area is 111 Å². The van der Waals surface area contributed by atoms with Gasteiger partial charge in [-0.05, 0) is 13.8 Å². The van der Waals surface area contributed by atoms with Gasteiger partial charge in [0.25, 0.3) is 5.56 Å². The van der Waals surface area contributed by atoms with Gasteiger partial charge in [-0.15, -0.1) is 0 Å². The summed E-state index contributed by atoms with van der Waals surface area (Å²) in [4.78, 5) is 11.5. The topological polar surface area (TPSA) is 81.1 Å². The van der Waals surface area contributed by atoms with Crippen molar-refractivity contribution in [3.63, 3.8) is 0 Å². The van der Waals surface area contributed by atoms with E-state index in [0.717, 1.165) is 4.68 Å². The van der Waals surface area contributed by atoms with Crippen LogP contribution in [0.15, 0.2) is 11.0 Å². The van der Waals surface area contributed by atoms with Crippen LogP contribution in [0.4, 0.5) is 5.69 Å². The molecule has 1 aromatic rings. The van der Waals surface area contributed by atoms with Gasteiger partial charge in [0.2, 0.25) is 0 Å². The maximum atomic E-state index is 11.5. The van der Waals surface area contributed by atoms with Crippen molar-refractivity contribution in [2.45, 2.75) is 18.6 Å². The molecule has 18 heavy (non-hydrogen) atoms. The zero-order valence-electron chi connectivity index (χ0n) is 10.7. The summed E-state index contributed by atoms with van der Waals surface area (Å²) in [5, 5.41) is 6.65. The zero-order chi connectivity index (χ0) is 14.1. The first-order chi connectivity index (χ1) is 8.06. The summed E-state index contributed by atoms with van der Waals surface area (Å²) in [5.41, 5.74) is -0.102. The lowest BCUT2D eigenvalue weighted by Crippen LogP contribution is -2.38. The summed E-state index contributed by atoms with van der Waals surface area (Å²) in [6.07, 6.45) is 2.56. The van der Waals surface area contributed by atoms with Crippen molar-refractivity contribution in [3.05, 3.63) is 21.6 Å². The van der Waals surface area contributed by atoms with Crippen LogP contribution in [0.25, 0.3) is 0 Å². The second kappa shape index (κ2) is 4.89. The Morgan fingerprint density at radius 2 is 2.06 bits per heavy atom. The van der Waals surface area contributed by atoms with Crippen molar-refractivity contribution in [2.24, 2.45) is 7.05 Å². The number of sulfone groups is 1.